The summed E-state index contributed by atoms with van der Waals surface area (Å²) in [6.45, 7) is 4.40. The smallest absolute Gasteiger partial charge is 0.226 e. The van der Waals surface area contributed by atoms with Crippen LogP contribution in [0, 0.1) is 13.8 Å². The Hall–Kier alpha value is -3.68. The van der Waals surface area contributed by atoms with Crippen LogP contribution in [0.4, 0.5) is 5.69 Å². The van der Waals surface area contributed by atoms with Crippen molar-refractivity contribution in [2.45, 2.75) is 32.4 Å². The van der Waals surface area contributed by atoms with Crippen LogP contribution in [0.5, 0.6) is 0 Å². The highest BCUT2D eigenvalue weighted by Gasteiger charge is 2.41. The maximum Gasteiger partial charge on any atom is 0.226 e. The molecule has 1 saturated heterocycles. The third-order valence-electron chi connectivity index (χ3n) is 6.49. The van der Waals surface area contributed by atoms with Crippen molar-refractivity contribution in [2.24, 2.45) is 0 Å². The Morgan fingerprint density at radius 1 is 1.11 bits per heavy atom. The van der Waals surface area contributed by atoms with Crippen LogP contribution in [0.15, 0.2) is 83.4 Å². The molecule has 6 nitrogen and oxygen atoms in total. The van der Waals surface area contributed by atoms with Gasteiger partial charge in [-0.2, -0.15) is 0 Å². The number of furan rings is 1. The standard InChI is InChI=1S/C29H27ClN4O2S/c1-18-6-10-21(11-7-18)32-26(35)14-16-34-28(27(33-29(34)37)23-5-3-4-15-31-23)25-13-12-24(36-25)20-9-8-19(2)22(30)17-20/h3-13,15,17,27-28H,14,16H2,1-2H3,(H,32,35)(H,33,37)/t27-,28-/m0/s1. The highest BCUT2D eigenvalue weighted by atomic mass is 35.5. The number of amides is 1. The first-order valence-electron chi connectivity index (χ1n) is 12.1. The molecule has 2 atom stereocenters. The molecule has 0 bridgehead atoms. The number of halogens is 1. The number of rotatable bonds is 7. The van der Waals surface area contributed by atoms with Gasteiger partial charge in [-0.05, 0) is 74.1 Å². The van der Waals surface area contributed by atoms with Gasteiger partial charge in [0, 0.05) is 35.4 Å². The highest BCUT2D eigenvalue weighted by Crippen LogP contribution is 2.40. The number of carbonyl (C=O) groups excluding carboxylic acids is 1. The number of hydrogen-bond donors (Lipinski definition) is 2. The Morgan fingerprint density at radius 3 is 2.65 bits per heavy atom. The molecule has 0 spiro atoms. The maximum atomic E-state index is 12.8. The van der Waals surface area contributed by atoms with Crippen LogP contribution >= 0.6 is 23.8 Å². The Kier molecular flexibility index (Phi) is 7.26. The summed E-state index contributed by atoms with van der Waals surface area (Å²) in [5, 5.41) is 7.60. The Morgan fingerprint density at radius 2 is 1.92 bits per heavy atom. The summed E-state index contributed by atoms with van der Waals surface area (Å²) in [6.07, 6.45) is 2.03. The third kappa shape index (κ3) is 5.53. The first kappa shape index (κ1) is 25.0. The first-order chi connectivity index (χ1) is 17.9. The summed E-state index contributed by atoms with van der Waals surface area (Å²) in [4.78, 5) is 19.3. The van der Waals surface area contributed by atoms with E-state index in [1.165, 1.54) is 0 Å². The number of anilines is 1. The molecule has 1 fully saturated rings. The number of pyridine rings is 1. The lowest BCUT2D eigenvalue weighted by Gasteiger charge is -2.25. The van der Waals surface area contributed by atoms with E-state index in [2.05, 4.69) is 15.6 Å². The molecule has 8 heteroatoms. The Balaban J connectivity index is 1.40. The van der Waals surface area contributed by atoms with Crippen molar-refractivity contribution >= 4 is 40.5 Å². The SMILES string of the molecule is Cc1ccc(NC(=O)CCN2C(=S)N[C@@H](c3ccccn3)[C@@H]2c2ccc(-c3ccc(C)c(Cl)c3)o2)cc1. The van der Waals surface area contributed by atoms with Gasteiger partial charge < -0.3 is 20.0 Å². The molecule has 0 radical (unpaired) electrons. The van der Waals surface area contributed by atoms with Gasteiger partial charge in [0.2, 0.25) is 5.91 Å². The number of nitrogens with one attached hydrogen (secondary N) is 2. The van der Waals surface area contributed by atoms with Gasteiger partial charge in [-0.3, -0.25) is 9.78 Å². The van der Waals surface area contributed by atoms with E-state index in [9.17, 15) is 4.79 Å². The van der Waals surface area contributed by atoms with Crippen LogP contribution in [-0.2, 0) is 4.79 Å². The van der Waals surface area contributed by atoms with E-state index >= 15 is 0 Å². The van der Waals surface area contributed by atoms with E-state index in [0.717, 1.165) is 33.8 Å². The fraction of sp³-hybridized carbons (Fsp3) is 0.207. The van der Waals surface area contributed by atoms with Crippen LogP contribution in [0.25, 0.3) is 11.3 Å². The van der Waals surface area contributed by atoms with E-state index in [-0.39, 0.29) is 24.4 Å². The molecule has 1 amide bonds. The molecule has 2 aromatic carbocycles. The highest BCUT2D eigenvalue weighted by molar-refractivity contribution is 7.80. The Bertz CT molecular complexity index is 1420. The maximum absolute atomic E-state index is 12.8. The van der Waals surface area contributed by atoms with E-state index in [0.29, 0.717) is 22.4 Å². The molecule has 37 heavy (non-hydrogen) atoms. The molecule has 188 valence electrons. The minimum Gasteiger partial charge on any atom is -0.459 e. The van der Waals surface area contributed by atoms with Gasteiger partial charge in [0.1, 0.15) is 17.6 Å². The van der Waals surface area contributed by atoms with Crippen molar-refractivity contribution in [1.29, 1.82) is 0 Å². The van der Waals surface area contributed by atoms with Crippen molar-refractivity contribution in [1.82, 2.24) is 15.2 Å². The van der Waals surface area contributed by atoms with Crippen LogP contribution in [0.2, 0.25) is 5.02 Å². The summed E-state index contributed by atoms with van der Waals surface area (Å²) in [7, 11) is 0. The second-order valence-electron chi connectivity index (χ2n) is 9.15. The quantitative estimate of drug-likeness (QED) is 0.262. The van der Waals surface area contributed by atoms with Gasteiger partial charge in [0.05, 0.1) is 11.7 Å². The zero-order valence-corrected chi connectivity index (χ0v) is 22.1. The normalized spacial score (nSPS) is 17.1. The van der Waals surface area contributed by atoms with E-state index in [1.807, 2.05) is 91.5 Å². The molecule has 0 unspecified atom stereocenters. The second-order valence-corrected chi connectivity index (χ2v) is 9.94. The van der Waals surface area contributed by atoms with Crippen molar-refractivity contribution < 1.29 is 9.21 Å². The average molecular weight is 531 g/mol. The summed E-state index contributed by atoms with van der Waals surface area (Å²) >= 11 is 12.1. The summed E-state index contributed by atoms with van der Waals surface area (Å²) in [5.74, 6) is 1.36. The minimum absolute atomic E-state index is 0.0823. The molecule has 2 N–H and O–H groups in total. The molecule has 3 heterocycles. The van der Waals surface area contributed by atoms with Crippen LogP contribution < -0.4 is 10.6 Å². The molecule has 4 aromatic rings. The Labute approximate surface area is 226 Å². The third-order valence-corrected chi connectivity index (χ3v) is 7.25. The fourth-order valence-electron chi connectivity index (χ4n) is 4.45. The van der Waals surface area contributed by atoms with Crippen LogP contribution in [-0.4, -0.2) is 27.4 Å². The molecule has 5 rings (SSSR count). The van der Waals surface area contributed by atoms with Crippen molar-refractivity contribution in [2.75, 3.05) is 11.9 Å². The number of aryl methyl sites for hydroxylation is 2. The number of aromatic nitrogens is 1. The fourth-order valence-corrected chi connectivity index (χ4v) is 4.96. The number of benzene rings is 2. The van der Waals surface area contributed by atoms with Gasteiger partial charge in [0.25, 0.3) is 0 Å². The largest absolute Gasteiger partial charge is 0.459 e. The molecule has 0 aliphatic carbocycles. The zero-order valence-electron chi connectivity index (χ0n) is 20.6. The summed E-state index contributed by atoms with van der Waals surface area (Å²) in [6, 6.07) is 22.8. The number of nitrogens with zero attached hydrogens (tertiary/aromatic N) is 2. The summed E-state index contributed by atoms with van der Waals surface area (Å²) < 4.78 is 6.36. The molecular formula is C29H27ClN4O2S. The lowest BCUT2D eigenvalue weighted by atomic mass is 10.0. The van der Waals surface area contributed by atoms with Crippen molar-refractivity contribution in [3.8, 4) is 11.3 Å². The molecule has 1 aliphatic rings. The summed E-state index contributed by atoms with van der Waals surface area (Å²) in [5.41, 5.74) is 4.66. The van der Waals surface area contributed by atoms with Crippen molar-refractivity contribution in [3.05, 3.63) is 107 Å². The van der Waals surface area contributed by atoms with Gasteiger partial charge in [0.15, 0.2) is 5.11 Å². The second kappa shape index (κ2) is 10.7. The van der Waals surface area contributed by atoms with Gasteiger partial charge in [-0.1, -0.05) is 47.5 Å². The number of carbonyl (C=O) groups is 1. The number of thiocarbonyl (C=S) groups is 1. The molecule has 2 aromatic heterocycles. The molecular weight excluding hydrogens is 504 g/mol. The number of hydrogen-bond acceptors (Lipinski definition) is 4. The topological polar surface area (TPSA) is 70.4 Å². The first-order valence-corrected chi connectivity index (χ1v) is 12.9. The zero-order chi connectivity index (χ0) is 25.9. The predicted molar refractivity (Wildman–Crippen MR) is 150 cm³/mol. The van der Waals surface area contributed by atoms with E-state index in [1.54, 1.807) is 6.20 Å². The van der Waals surface area contributed by atoms with Gasteiger partial charge >= 0.3 is 0 Å². The molecule has 0 saturated carbocycles. The van der Waals surface area contributed by atoms with E-state index < -0.39 is 0 Å². The van der Waals surface area contributed by atoms with Gasteiger partial charge in [-0.15, -0.1) is 0 Å². The van der Waals surface area contributed by atoms with E-state index in [4.69, 9.17) is 28.2 Å². The lowest BCUT2D eigenvalue weighted by molar-refractivity contribution is -0.116. The van der Waals surface area contributed by atoms with Crippen LogP contribution in [0.1, 0.15) is 41.1 Å². The minimum atomic E-state index is -0.274. The van der Waals surface area contributed by atoms with Crippen molar-refractivity contribution in [3.63, 3.8) is 0 Å². The van der Waals surface area contributed by atoms with Crippen LogP contribution in [0.3, 0.4) is 0 Å². The van der Waals surface area contributed by atoms with Gasteiger partial charge in [-0.25, -0.2) is 0 Å². The monoisotopic (exact) mass is 530 g/mol. The predicted octanol–water partition coefficient (Wildman–Crippen LogP) is 6.61. The average Bonchev–Trinajstić information content (AvgIpc) is 3.51. The lowest BCUT2D eigenvalue weighted by Crippen LogP contribution is -2.32. The molecule has 1 aliphatic heterocycles.